The SMILES string of the molecule is Cc1csc([C@@H](C#N)C(=O)COC(=O)CCC(=O)c2cccs2)n1. The average molecular weight is 362 g/mol. The maximum Gasteiger partial charge on any atom is 0.306 e. The van der Waals surface area contributed by atoms with E-state index in [1.54, 1.807) is 29.8 Å². The van der Waals surface area contributed by atoms with Gasteiger partial charge in [0.1, 0.15) is 5.01 Å². The van der Waals surface area contributed by atoms with Gasteiger partial charge in [0.2, 0.25) is 0 Å². The molecule has 2 heterocycles. The van der Waals surface area contributed by atoms with Crippen molar-refractivity contribution < 1.29 is 19.1 Å². The van der Waals surface area contributed by atoms with Crippen molar-refractivity contribution in [3.63, 3.8) is 0 Å². The predicted octanol–water partition coefficient (Wildman–Crippen LogP) is 2.90. The summed E-state index contributed by atoms with van der Waals surface area (Å²) in [5.74, 6) is -2.34. The van der Waals surface area contributed by atoms with Crippen LogP contribution in [0.2, 0.25) is 0 Å². The maximum absolute atomic E-state index is 12.0. The van der Waals surface area contributed by atoms with Crippen molar-refractivity contribution >= 4 is 40.2 Å². The minimum atomic E-state index is -1.04. The molecule has 0 saturated carbocycles. The number of ether oxygens (including phenoxy) is 1. The Kier molecular flexibility index (Phi) is 6.35. The van der Waals surface area contributed by atoms with Gasteiger partial charge in [-0.25, -0.2) is 4.98 Å². The molecule has 0 aliphatic heterocycles. The summed E-state index contributed by atoms with van der Waals surface area (Å²) in [4.78, 5) is 40.1. The molecule has 124 valence electrons. The molecule has 24 heavy (non-hydrogen) atoms. The molecule has 2 aromatic heterocycles. The van der Waals surface area contributed by atoms with Crippen molar-refractivity contribution in [1.82, 2.24) is 4.98 Å². The van der Waals surface area contributed by atoms with E-state index in [9.17, 15) is 14.4 Å². The maximum atomic E-state index is 12.0. The Morgan fingerprint density at radius 2 is 2.12 bits per heavy atom. The minimum absolute atomic E-state index is 0.0287. The van der Waals surface area contributed by atoms with Crippen LogP contribution in [0.4, 0.5) is 0 Å². The van der Waals surface area contributed by atoms with Crippen molar-refractivity contribution in [2.75, 3.05) is 6.61 Å². The molecule has 0 fully saturated rings. The highest BCUT2D eigenvalue weighted by Gasteiger charge is 2.24. The van der Waals surface area contributed by atoms with E-state index < -0.39 is 24.3 Å². The molecule has 0 aliphatic rings. The quantitative estimate of drug-likeness (QED) is 0.529. The topological polar surface area (TPSA) is 97.1 Å². The number of carbonyl (C=O) groups is 3. The number of nitrogens with zero attached hydrogens (tertiary/aromatic N) is 2. The van der Waals surface area contributed by atoms with Crippen LogP contribution in [-0.4, -0.2) is 29.1 Å². The van der Waals surface area contributed by atoms with Gasteiger partial charge in [-0.05, 0) is 18.4 Å². The van der Waals surface area contributed by atoms with Gasteiger partial charge in [-0.15, -0.1) is 22.7 Å². The molecule has 2 aromatic rings. The standard InChI is InChI=1S/C16H14N2O4S2/c1-10-9-24-16(18-10)11(7-17)13(20)8-22-15(21)5-4-12(19)14-3-2-6-23-14/h2-3,6,9,11H,4-5,8H2,1H3/t11-/m0/s1. The summed E-state index contributed by atoms with van der Waals surface area (Å²) < 4.78 is 4.87. The monoisotopic (exact) mass is 362 g/mol. The first-order valence-corrected chi connectivity index (χ1v) is 8.84. The fourth-order valence-corrected chi connectivity index (χ4v) is 3.41. The number of nitriles is 1. The van der Waals surface area contributed by atoms with Gasteiger partial charge in [0, 0.05) is 17.5 Å². The van der Waals surface area contributed by atoms with Crippen LogP contribution in [0.1, 0.15) is 39.1 Å². The molecule has 6 nitrogen and oxygen atoms in total. The molecule has 0 spiro atoms. The Morgan fingerprint density at radius 1 is 1.33 bits per heavy atom. The van der Waals surface area contributed by atoms with Crippen LogP contribution >= 0.6 is 22.7 Å². The third-order valence-corrected chi connectivity index (χ3v) is 5.00. The molecule has 0 aromatic carbocycles. The van der Waals surface area contributed by atoms with Gasteiger partial charge in [0.25, 0.3) is 0 Å². The number of aromatic nitrogens is 1. The summed E-state index contributed by atoms with van der Waals surface area (Å²) in [5, 5.41) is 13.0. The number of aryl methyl sites for hydroxylation is 1. The van der Waals surface area contributed by atoms with Gasteiger partial charge in [-0.1, -0.05) is 6.07 Å². The van der Waals surface area contributed by atoms with Gasteiger partial charge in [0.05, 0.1) is 17.4 Å². The zero-order chi connectivity index (χ0) is 17.5. The lowest BCUT2D eigenvalue weighted by Crippen LogP contribution is -2.20. The first-order valence-electron chi connectivity index (χ1n) is 7.08. The molecule has 2 rings (SSSR count). The third kappa shape index (κ3) is 4.81. The lowest BCUT2D eigenvalue weighted by Gasteiger charge is -2.06. The van der Waals surface area contributed by atoms with Gasteiger partial charge < -0.3 is 4.74 Å². The second-order valence-electron chi connectivity index (χ2n) is 4.92. The lowest BCUT2D eigenvalue weighted by molar-refractivity contribution is -0.148. The van der Waals surface area contributed by atoms with Gasteiger partial charge in [0.15, 0.2) is 24.1 Å². The molecule has 0 bridgehead atoms. The van der Waals surface area contributed by atoms with Gasteiger partial charge in [-0.3, -0.25) is 14.4 Å². The Morgan fingerprint density at radius 3 is 2.71 bits per heavy atom. The van der Waals surface area contributed by atoms with Crippen molar-refractivity contribution in [3.8, 4) is 6.07 Å². The smallest absolute Gasteiger partial charge is 0.306 e. The molecule has 0 aliphatic carbocycles. The normalized spacial score (nSPS) is 11.5. The van der Waals surface area contributed by atoms with Crippen molar-refractivity contribution in [2.24, 2.45) is 0 Å². The summed E-state index contributed by atoms with van der Waals surface area (Å²) in [7, 11) is 0. The first kappa shape index (κ1) is 18.0. The molecule has 0 amide bonds. The molecule has 1 atom stereocenters. The predicted molar refractivity (Wildman–Crippen MR) is 89.1 cm³/mol. The first-order chi connectivity index (χ1) is 11.5. The number of ketones is 2. The van der Waals surface area contributed by atoms with Crippen LogP contribution in [-0.2, 0) is 14.3 Å². The van der Waals surface area contributed by atoms with Crippen LogP contribution in [0.25, 0.3) is 0 Å². The van der Waals surface area contributed by atoms with E-state index in [1.807, 2.05) is 6.07 Å². The van der Waals surface area contributed by atoms with E-state index in [-0.39, 0.29) is 18.6 Å². The highest BCUT2D eigenvalue weighted by atomic mass is 32.1. The number of rotatable bonds is 8. The molecule has 8 heteroatoms. The van der Waals surface area contributed by atoms with Crippen molar-refractivity contribution in [2.45, 2.75) is 25.7 Å². The van der Waals surface area contributed by atoms with E-state index >= 15 is 0 Å². The number of hydrogen-bond acceptors (Lipinski definition) is 8. The second kappa shape index (κ2) is 8.47. The molecule has 0 N–H and O–H groups in total. The number of esters is 1. The summed E-state index contributed by atoms with van der Waals surface area (Å²) in [6, 6.07) is 5.33. The summed E-state index contributed by atoms with van der Waals surface area (Å²) in [6.45, 7) is 1.27. The Balaban J connectivity index is 1.79. The highest BCUT2D eigenvalue weighted by Crippen LogP contribution is 2.21. The zero-order valence-electron chi connectivity index (χ0n) is 12.9. The summed E-state index contributed by atoms with van der Waals surface area (Å²) in [6.07, 6.45) is -0.0709. The second-order valence-corrected chi connectivity index (χ2v) is 6.75. The van der Waals surface area contributed by atoms with Crippen LogP contribution in [0.3, 0.4) is 0 Å². The average Bonchev–Trinajstić information content (AvgIpc) is 3.23. The zero-order valence-corrected chi connectivity index (χ0v) is 14.5. The molecule has 0 saturated heterocycles. The van der Waals surface area contributed by atoms with Crippen LogP contribution in [0, 0.1) is 18.3 Å². The fraction of sp³-hybridized carbons (Fsp3) is 0.312. The van der Waals surface area contributed by atoms with Crippen molar-refractivity contribution in [1.29, 1.82) is 5.26 Å². The molecule has 0 unspecified atom stereocenters. The molecular formula is C16H14N2O4S2. The third-order valence-electron chi connectivity index (χ3n) is 3.06. The Labute approximate surface area is 146 Å². The van der Waals surface area contributed by atoms with Crippen molar-refractivity contribution in [3.05, 3.63) is 38.5 Å². The number of thiophene rings is 1. The Bertz CT molecular complexity index is 774. The van der Waals surface area contributed by atoms with Gasteiger partial charge in [-0.2, -0.15) is 5.26 Å². The molecular weight excluding hydrogens is 348 g/mol. The number of hydrogen-bond donors (Lipinski definition) is 0. The summed E-state index contributed by atoms with van der Waals surface area (Å²) in [5.41, 5.74) is 0.729. The van der Waals surface area contributed by atoms with E-state index in [4.69, 9.17) is 10.00 Å². The van der Waals surface area contributed by atoms with Crippen LogP contribution in [0.5, 0.6) is 0 Å². The van der Waals surface area contributed by atoms with E-state index in [0.717, 1.165) is 5.69 Å². The lowest BCUT2D eigenvalue weighted by atomic mass is 10.1. The van der Waals surface area contributed by atoms with Crippen LogP contribution < -0.4 is 0 Å². The van der Waals surface area contributed by atoms with E-state index in [1.165, 1.54) is 22.7 Å². The van der Waals surface area contributed by atoms with E-state index in [2.05, 4.69) is 4.98 Å². The largest absolute Gasteiger partial charge is 0.458 e. The van der Waals surface area contributed by atoms with Crippen LogP contribution in [0.15, 0.2) is 22.9 Å². The summed E-state index contributed by atoms with van der Waals surface area (Å²) >= 11 is 2.53. The fourth-order valence-electron chi connectivity index (χ4n) is 1.85. The number of Topliss-reactive ketones (excluding diaryl/α,β-unsaturated/α-hetero) is 2. The van der Waals surface area contributed by atoms with Gasteiger partial charge >= 0.3 is 5.97 Å². The van der Waals surface area contributed by atoms with E-state index in [0.29, 0.717) is 9.88 Å². The Hall–Kier alpha value is -2.37. The molecule has 0 radical (unpaired) electrons. The number of thiazole rings is 1. The number of carbonyl (C=O) groups excluding carboxylic acids is 3. The highest BCUT2D eigenvalue weighted by molar-refractivity contribution is 7.12. The minimum Gasteiger partial charge on any atom is -0.458 e.